The lowest BCUT2D eigenvalue weighted by Gasteiger charge is -2.28. The van der Waals surface area contributed by atoms with Crippen LogP contribution in [0.1, 0.15) is 19.4 Å². The van der Waals surface area contributed by atoms with Crippen molar-refractivity contribution in [3.05, 3.63) is 33.9 Å². The summed E-state index contributed by atoms with van der Waals surface area (Å²) in [6, 6.07) is 1.91. The van der Waals surface area contributed by atoms with Crippen molar-refractivity contribution in [3.8, 4) is 0 Å². The zero-order valence-electron chi connectivity index (χ0n) is 12.5. The highest BCUT2D eigenvalue weighted by Gasteiger charge is 2.40. The summed E-state index contributed by atoms with van der Waals surface area (Å²) in [6.07, 6.45) is -4.95. The minimum absolute atomic E-state index is 0.0583. The largest absolute Gasteiger partial charge is 0.423 e. The van der Waals surface area contributed by atoms with Crippen LogP contribution in [-0.4, -0.2) is 29.8 Å². The first-order valence-electron chi connectivity index (χ1n) is 6.29. The van der Waals surface area contributed by atoms with Crippen molar-refractivity contribution in [2.45, 2.75) is 25.6 Å². The molecule has 1 aromatic carbocycles. The van der Waals surface area contributed by atoms with Gasteiger partial charge in [0.2, 0.25) is 6.41 Å². The van der Waals surface area contributed by atoms with Gasteiger partial charge in [-0.1, -0.05) is 0 Å². The van der Waals surface area contributed by atoms with Crippen LogP contribution in [0.2, 0.25) is 0 Å². The van der Waals surface area contributed by atoms with Crippen LogP contribution in [0.4, 0.5) is 24.5 Å². The molecule has 0 heterocycles. The van der Waals surface area contributed by atoms with E-state index in [1.54, 1.807) is 0 Å². The second-order valence-electron chi connectivity index (χ2n) is 5.11. The van der Waals surface area contributed by atoms with Gasteiger partial charge in [-0.3, -0.25) is 24.6 Å². The summed E-state index contributed by atoms with van der Waals surface area (Å²) in [5, 5.41) is 13.3. The Kier molecular flexibility index (Phi) is 5.10. The fourth-order valence-corrected chi connectivity index (χ4v) is 1.69. The Labute approximate surface area is 129 Å². The lowest BCUT2D eigenvalue weighted by molar-refractivity contribution is -0.388. The van der Waals surface area contributed by atoms with Crippen LogP contribution in [0.15, 0.2) is 18.2 Å². The number of anilines is 1. The van der Waals surface area contributed by atoms with Crippen LogP contribution in [0.25, 0.3) is 0 Å². The third-order valence-corrected chi connectivity index (χ3v) is 3.24. The van der Waals surface area contributed by atoms with Crippen molar-refractivity contribution in [1.82, 2.24) is 5.32 Å². The number of amides is 2. The number of rotatable bonds is 5. The number of carbonyl (C=O) groups is 2. The molecule has 0 saturated carbocycles. The smallest absolute Gasteiger partial charge is 0.307 e. The highest BCUT2D eigenvalue weighted by Crippen LogP contribution is 2.38. The summed E-state index contributed by atoms with van der Waals surface area (Å²) < 4.78 is 38.8. The number of nitro groups is 1. The second-order valence-corrected chi connectivity index (χ2v) is 5.11. The SMILES string of the molecule is CNC(C)(C)C(=O)N(C=O)c1ccc([N+](=O)[O-])c(C(F)(F)F)c1. The van der Waals surface area contributed by atoms with Crippen LogP contribution in [-0.2, 0) is 15.8 Å². The van der Waals surface area contributed by atoms with Gasteiger partial charge in [0, 0.05) is 6.07 Å². The van der Waals surface area contributed by atoms with E-state index in [9.17, 15) is 32.9 Å². The van der Waals surface area contributed by atoms with Gasteiger partial charge >= 0.3 is 6.18 Å². The summed E-state index contributed by atoms with van der Waals surface area (Å²) in [4.78, 5) is 33.4. The van der Waals surface area contributed by atoms with E-state index in [-0.39, 0.29) is 6.41 Å². The van der Waals surface area contributed by atoms with E-state index in [0.717, 1.165) is 6.07 Å². The van der Waals surface area contributed by atoms with E-state index in [4.69, 9.17) is 0 Å². The molecule has 0 bridgehead atoms. The number of hydrogen-bond acceptors (Lipinski definition) is 5. The van der Waals surface area contributed by atoms with Crippen LogP contribution in [0, 0.1) is 10.1 Å². The molecule has 0 fully saturated rings. The molecule has 7 nitrogen and oxygen atoms in total. The zero-order chi connectivity index (χ0) is 18.0. The lowest BCUT2D eigenvalue weighted by atomic mass is 10.0. The van der Waals surface area contributed by atoms with Crippen molar-refractivity contribution < 1.29 is 27.7 Å². The topological polar surface area (TPSA) is 92.6 Å². The van der Waals surface area contributed by atoms with Gasteiger partial charge in [-0.05, 0) is 33.0 Å². The van der Waals surface area contributed by atoms with Crippen molar-refractivity contribution in [2.75, 3.05) is 11.9 Å². The molecule has 1 N–H and O–H groups in total. The molecule has 0 atom stereocenters. The fraction of sp³-hybridized carbons (Fsp3) is 0.385. The van der Waals surface area contributed by atoms with Gasteiger partial charge in [0.05, 0.1) is 16.1 Å². The lowest BCUT2D eigenvalue weighted by Crippen LogP contribution is -2.52. The Balaban J connectivity index is 3.45. The average Bonchev–Trinajstić information content (AvgIpc) is 2.46. The zero-order valence-corrected chi connectivity index (χ0v) is 12.5. The molecular formula is C13H14F3N3O4. The molecule has 0 aliphatic carbocycles. The number of nitro benzene ring substituents is 1. The number of hydrogen-bond donors (Lipinski definition) is 1. The van der Waals surface area contributed by atoms with E-state index in [2.05, 4.69) is 5.32 Å². The maximum Gasteiger partial charge on any atom is 0.423 e. The number of imide groups is 1. The third kappa shape index (κ3) is 3.83. The van der Waals surface area contributed by atoms with Crippen molar-refractivity contribution in [3.63, 3.8) is 0 Å². The first-order valence-corrected chi connectivity index (χ1v) is 6.29. The summed E-state index contributed by atoms with van der Waals surface area (Å²) in [5.74, 6) is -0.808. The van der Waals surface area contributed by atoms with E-state index in [1.807, 2.05) is 0 Å². The predicted molar refractivity (Wildman–Crippen MR) is 74.8 cm³/mol. The molecule has 0 radical (unpaired) electrons. The summed E-state index contributed by atoms with van der Waals surface area (Å²) in [6.45, 7) is 2.86. The van der Waals surface area contributed by atoms with Gasteiger partial charge in [0.25, 0.3) is 11.6 Å². The quantitative estimate of drug-likeness (QED) is 0.506. The molecule has 1 aromatic rings. The Morgan fingerprint density at radius 1 is 1.35 bits per heavy atom. The van der Waals surface area contributed by atoms with Crippen molar-refractivity contribution in [1.29, 1.82) is 0 Å². The van der Waals surface area contributed by atoms with E-state index in [0.29, 0.717) is 17.0 Å². The summed E-state index contributed by atoms with van der Waals surface area (Å²) in [7, 11) is 1.44. The highest BCUT2D eigenvalue weighted by atomic mass is 19.4. The van der Waals surface area contributed by atoms with Crippen LogP contribution >= 0.6 is 0 Å². The number of halogens is 3. The fourth-order valence-electron chi connectivity index (χ4n) is 1.69. The number of carbonyl (C=O) groups excluding carboxylic acids is 2. The number of nitrogens with one attached hydrogen (secondary N) is 1. The highest BCUT2D eigenvalue weighted by molar-refractivity contribution is 6.11. The Bertz CT molecular complexity index is 644. The summed E-state index contributed by atoms with van der Waals surface area (Å²) >= 11 is 0. The van der Waals surface area contributed by atoms with Gasteiger partial charge < -0.3 is 5.32 Å². The molecule has 126 valence electrons. The Morgan fingerprint density at radius 3 is 2.30 bits per heavy atom. The molecule has 0 aliphatic heterocycles. The molecule has 0 unspecified atom stereocenters. The monoisotopic (exact) mass is 333 g/mol. The Morgan fingerprint density at radius 2 is 1.91 bits per heavy atom. The first-order chi connectivity index (χ1) is 10.5. The number of alkyl halides is 3. The number of benzene rings is 1. The van der Waals surface area contributed by atoms with E-state index in [1.165, 1.54) is 20.9 Å². The summed E-state index contributed by atoms with van der Waals surface area (Å²) in [5.41, 5.74) is -4.33. The molecule has 2 amide bonds. The van der Waals surface area contributed by atoms with Crippen molar-refractivity contribution in [2.24, 2.45) is 0 Å². The maximum atomic E-state index is 12.9. The van der Waals surface area contributed by atoms with Gasteiger partial charge in [0.1, 0.15) is 5.56 Å². The minimum atomic E-state index is -5.01. The standard InChI is InChI=1S/C13H14F3N3O4/c1-12(2,17-3)11(21)18(7-20)8-4-5-10(19(22)23)9(6-8)13(14,15)16/h4-7,17H,1-3H3. The maximum absolute atomic E-state index is 12.9. The van der Waals surface area contributed by atoms with Crippen LogP contribution < -0.4 is 10.2 Å². The Hall–Kier alpha value is -2.49. The molecule has 10 heteroatoms. The normalized spacial score (nSPS) is 11.9. The average molecular weight is 333 g/mol. The number of likely N-dealkylation sites (N-methyl/N-ethyl adjacent to an activating group) is 1. The molecule has 0 aliphatic rings. The van der Waals surface area contributed by atoms with E-state index >= 15 is 0 Å². The van der Waals surface area contributed by atoms with Crippen LogP contribution in [0.5, 0.6) is 0 Å². The number of nitrogens with zero attached hydrogens (tertiary/aromatic N) is 2. The van der Waals surface area contributed by atoms with Crippen molar-refractivity contribution >= 4 is 23.7 Å². The van der Waals surface area contributed by atoms with E-state index < -0.39 is 39.5 Å². The predicted octanol–water partition coefficient (Wildman–Crippen LogP) is 2.10. The first kappa shape index (κ1) is 18.6. The molecular weight excluding hydrogens is 319 g/mol. The van der Waals surface area contributed by atoms with Gasteiger partial charge in [0.15, 0.2) is 0 Å². The molecule has 1 rings (SSSR count). The molecule has 0 aromatic heterocycles. The van der Waals surface area contributed by atoms with Crippen LogP contribution in [0.3, 0.4) is 0 Å². The third-order valence-electron chi connectivity index (χ3n) is 3.24. The molecule has 0 spiro atoms. The van der Waals surface area contributed by atoms with Gasteiger partial charge in [-0.25, -0.2) is 0 Å². The minimum Gasteiger partial charge on any atom is -0.307 e. The van der Waals surface area contributed by atoms with Gasteiger partial charge in [-0.15, -0.1) is 0 Å². The van der Waals surface area contributed by atoms with Gasteiger partial charge in [-0.2, -0.15) is 13.2 Å². The molecule has 0 saturated heterocycles. The second kappa shape index (κ2) is 6.32. The molecule has 23 heavy (non-hydrogen) atoms.